The number of rotatable bonds is 5. The lowest BCUT2D eigenvalue weighted by atomic mass is 10.3. The standard InChI is InChI=1S/C14H17N3O3/c1-9-16-13(15-2)8-14(17-9)20-12-6-10(18-3)5-11(7-12)19-4/h5-8H,1-4H3,(H,15,16,17). The Labute approximate surface area is 117 Å². The molecule has 0 saturated heterocycles. The highest BCUT2D eigenvalue weighted by Gasteiger charge is 2.07. The van der Waals surface area contributed by atoms with Crippen LogP contribution in [0, 0.1) is 6.92 Å². The van der Waals surface area contributed by atoms with E-state index in [4.69, 9.17) is 14.2 Å². The zero-order chi connectivity index (χ0) is 14.5. The van der Waals surface area contributed by atoms with Gasteiger partial charge in [0.1, 0.15) is 28.9 Å². The number of hydrogen-bond acceptors (Lipinski definition) is 6. The number of nitrogens with one attached hydrogen (secondary N) is 1. The normalized spacial score (nSPS) is 10.0. The van der Waals surface area contributed by atoms with Gasteiger partial charge in [-0.2, -0.15) is 4.98 Å². The first kappa shape index (κ1) is 13.9. The fraction of sp³-hybridized carbons (Fsp3) is 0.286. The van der Waals surface area contributed by atoms with E-state index in [1.165, 1.54) is 0 Å². The fourth-order valence-corrected chi connectivity index (χ4v) is 1.68. The quantitative estimate of drug-likeness (QED) is 0.905. The monoisotopic (exact) mass is 275 g/mol. The lowest BCUT2D eigenvalue weighted by Crippen LogP contribution is -1.99. The Balaban J connectivity index is 2.31. The Morgan fingerprint density at radius 2 is 1.50 bits per heavy atom. The highest BCUT2D eigenvalue weighted by atomic mass is 16.5. The van der Waals surface area contributed by atoms with Gasteiger partial charge >= 0.3 is 0 Å². The van der Waals surface area contributed by atoms with Gasteiger partial charge in [-0.15, -0.1) is 0 Å². The van der Waals surface area contributed by atoms with Gasteiger partial charge in [-0.3, -0.25) is 0 Å². The molecule has 0 saturated carbocycles. The first-order valence-corrected chi connectivity index (χ1v) is 6.09. The molecular formula is C14H17N3O3. The maximum atomic E-state index is 5.74. The molecule has 0 unspecified atom stereocenters. The van der Waals surface area contributed by atoms with Crippen LogP contribution >= 0.6 is 0 Å². The highest BCUT2D eigenvalue weighted by Crippen LogP contribution is 2.30. The largest absolute Gasteiger partial charge is 0.496 e. The van der Waals surface area contributed by atoms with Crippen LogP contribution in [0.3, 0.4) is 0 Å². The summed E-state index contributed by atoms with van der Waals surface area (Å²) in [6.07, 6.45) is 0. The third-order valence-electron chi connectivity index (χ3n) is 2.62. The molecule has 0 aliphatic rings. The molecule has 6 heteroatoms. The molecule has 0 atom stereocenters. The second-order valence-corrected chi connectivity index (χ2v) is 4.04. The van der Waals surface area contributed by atoms with Crippen molar-refractivity contribution in [3.8, 4) is 23.1 Å². The topological polar surface area (TPSA) is 65.5 Å². The predicted octanol–water partition coefficient (Wildman–Crippen LogP) is 2.64. The summed E-state index contributed by atoms with van der Waals surface area (Å²) < 4.78 is 16.1. The minimum atomic E-state index is 0.456. The highest BCUT2D eigenvalue weighted by molar-refractivity contribution is 5.44. The first-order chi connectivity index (χ1) is 9.64. The Bertz CT molecular complexity index is 580. The van der Waals surface area contributed by atoms with Crippen molar-refractivity contribution in [2.75, 3.05) is 26.6 Å². The van der Waals surface area contributed by atoms with Crippen LogP contribution in [0.25, 0.3) is 0 Å². The third kappa shape index (κ3) is 3.28. The average Bonchev–Trinajstić information content (AvgIpc) is 2.46. The lowest BCUT2D eigenvalue weighted by molar-refractivity contribution is 0.385. The fourth-order valence-electron chi connectivity index (χ4n) is 1.68. The maximum absolute atomic E-state index is 5.74. The van der Waals surface area contributed by atoms with Crippen LogP contribution in [0.2, 0.25) is 0 Å². The van der Waals surface area contributed by atoms with Crippen LogP contribution in [-0.4, -0.2) is 31.2 Å². The molecule has 1 N–H and O–H groups in total. The van der Waals surface area contributed by atoms with Crippen molar-refractivity contribution >= 4 is 5.82 Å². The summed E-state index contributed by atoms with van der Waals surface area (Å²) in [5, 5.41) is 2.96. The molecule has 1 heterocycles. The molecule has 0 amide bonds. The van der Waals surface area contributed by atoms with Crippen LogP contribution in [0.1, 0.15) is 5.82 Å². The van der Waals surface area contributed by atoms with Gasteiger partial charge in [0.2, 0.25) is 5.88 Å². The smallest absolute Gasteiger partial charge is 0.224 e. The number of benzene rings is 1. The van der Waals surface area contributed by atoms with Crippen molar-refractivity contribution < 1.29 is 14.2 Å². The van der Waals surface area contributed by atoms with E-state index in [2.05, 4.69) is 15.3 Å². The summed E-state index contributed by atoms with van der Waals surface area (Å²) in [6.45, 7) is 1.81. The van der Waals surface area contributed by atoms with Crippen LogP contribution < -0.4 is 19.5 Å². The Morgan fingerprint density at radius 1 is 0.900 bits per heavy atom. The second-order valence-electron chi connectivity index (χ2n) is 4.04. The molecular weight excluding hydrogens is 258 g/mol. The van der Waals surface area contributed by atoms with Crippen molar-refractivity contribution in [3.63, 3.8) is 0 Å². The van der Waals surface area contributed by atoms with Gasteiger partial charge < -0.3 is 19.5 Å². The Morgan fingerprint density at radius 3 is 2.05 bits per heavy atom. The van der Waals surface area contributed by atoms with Crippen molar-refractivity contribution in [3.05, 3.63) is 30.1 Å². The van der Waals surface area contributed by atoms with Crippen molar-refractivity contribution in [1.29, 1.82) is 0 Å². The molecule has 106 valence electrons. The average molecular weight is 275 g/mol. The van der Waals surface area contributed by atoms with Gasteiger partial charge in [0.05, 0.1) is 14.2 Å². The van der Waals surface area contributed by atoms with Gasteiger partial charge in [0.15, 0.2) is 0 Å². The second kappa shape index (κ2) is 6.10. The van der Waals surface area contributed by atoms with Gasteiger partial charge in [-0.1, -0.05) is 0 Å². The summed E-state index contributed by atoms with van der Waals surface area (Å²) >= 11 is 0. The van der Waals surface area contributed by atoms with Crippen LogP contribution in [0.15, 0.2) is 24.3 Å². The number of aromatic nitrogens is 2. The number of methoxy groups -OCH3 is 2. The van der Waals surface area contributed by atoms with Crippen LogP contribution in [0.4, 0.5) is 5.82 Å². The third-order valence-corrected chi connectivity index (χ3v) is 2.62. The SMILES string of the molecule is CNc1cc(Oc2cc(OC)cc(OC)c2)nc(C)n1. The molecule has 0 spiro atoms. The van der Waals surface area contributed by atoms with Gasteiger partial charge in [0, 0.05) is 31.3 Å². The molecule has 6 nitrogen and oxygen atoms in total. The van der Waals surface area contributed by atoms with E-state index >= 15 is 0 Å². The van der Waals surface area contributed by atoms with Gasteiger partial charge in [-0.25, -0.2) is 4.98 Å². The zero-order valence-corrected chi connectivity index (χ0v) is 11.9. The molecule has 20 heavy (non-hydrogen) atoms. The van der Waals surface area contributed by atoms with Gasteiger partial charge in [0.25, 0.3) is 0 Å². The Kier molecular flexibility index (Phi) is 4.24. The van der Waals surface area contributed by atoms with E-state index in [-0.39, 0.29) is 0 Å². The molecule has 0 radical (unpaired) electrons. The van der Waals surface area contributed by atoms with E-state index in [0.29, 0.717) is 34.8 Å². The molecule has 1 aromatic carbocycles. The van der Waals surface area contributed by atoms with E-state index < -0.39 is 0 Å². The number of hydrogen-bond donors (Lipinski definition) is 1. The van der Waals surface area contributed by atoms with Crippen molar-refractivity contribution in [2.45, 2.75) is 6.92 Å². The summed E-state index contributed by atoms with van der Waals surface area (Å²) in [6, 6.07) is 7.02. The van der Waals surface area contributed by atoms with E-state index in [9.17, 15) is 0 Å². The maximum Gasteiger partial charge on any atom is 0.224 e. The first-order valence-electron chi connectivity index (χ1n) is 6.09. The molecule has 2 rings (SSSR count). The molecule has 0 bridgehead atoms. The zero-order valence-electron chi connectivity index (χ0n) is 11.9. The minimum Gasteiger partial charge on any atom is -0.496 e. The summed E-state index contributed by atoms with van der Waals surface area (Å²) in [7, 11) is 4.97. The lowest BCUT2D eigenvalue weighted by Gasteiger charge is -2.10. The summed E-state index contributed by atoms with van der Waals surface area (Å²) in [5.74, 6) is 3.67. The summed E-state index contributed by atoms with van der Waals surface area (Å²) in [5.41, 5.74) is 0. The molecule has 2 aromatic rings. The predicted molar refractivity (Wildman–Crippen MR) is 75.9 cm³/mol. The minimum absolute atomic E-state index is 0.456. The number of ether oxygens (including phenoxy) is 3. The van der Waals surface area contributed by atoms with E-state index in [1.54, 1.807) is 52.5 Å². The van der Waals surface area contributed by atoms with E-state index in [1.807, 2.05) is 0 Å². The van der Waals surface area contributed by atoms with Crippen molar-refractivity contribution in [1.82, 2.24) is 9.97 Å². The Hall–Kier alpha value is -2.50. The van der Waals surface area contributed by atoms with Crippen LogP contribution in [0.5, 0.6) is 23.1 Å². The van der Waals surface area contributed by atoms with E-state index in [0.717, 1.165) is 0 Å². The molecule has 1 aromatic heterocycles. The molecule has 0 fully saturated rings. The number of aryl methyl sites for hydroxylation is 1. The molecule has 0 aliphatic heterocycles. The summed E-state index contributed by atoms with van der Waals surface area (Å²) in [4.78, 5) is 8.44. The number of anilines is 1. The van der Waals surface area contributed by atoms with Crippen LogP contribution in [-0.2, 0) is 0 Å². The number of nitrogens with zero attached hydrogens (tertiary/aromatic N) is 2. The van der Waals surface area contributed by atoms with Crippen molar-refractivity contribution in [2.24, 2.45) is 0 Å². The van der Waals surface area contributed by atoms with Gasteiger partial charge in [-0.05, 0) is 6.92 Å². The molecule has 0 aliphatic carbocycles.